The van der Waals surface area contributed by atoms with E-state index in [4.69, 9.17) is 9.47 Å². The summed E-state index contributed by atoms with van der Waals surface area (Å²) in [6, 6.07) is 7.75. The molecule has 0 spiro atoms. The first-order chi connectivity index (χ1) is 15.6. The number of fused-ring (bicyclic) bond motifs is 1. The van der Waals surface area contributed by atoms with Gasteiger partial charge in [-0.25, -0.2) is 18.7 Å². The van der Waals surface area contributed by atoms with Crippen LogP contribution in [0.4, 0.5) is 26.1 Å². The Bertz CT molecular complexity index is 1140. The molecule has 166 valence electrons. The van der Waals surface area contributed by atoms with E-state index in [2.05, 4.69) is 31.8 Å². The highest BCUT2D eigenvalue weighted by Gasteiger charge is 2.18. The largest absolute Gasteiger partial charge is 0.473 e. The monoisotopic (exact) mass is 441 g/mol. The first kappa shape index (κ1) is 21.5. The number of benzene rings is 1. The summed E-state index contributed by atoms with van der Waals surface area (Å²) in [4.78, 5) is 8.75. The van der Waals surface area contributed by atoms with Crippen molar-refractivity contribution >= 4 is 17.3 Å². The second-order valence-corrected chi connectivity index (χ2v) is 7.04. The lowest BCUT2D eigenvalue weighted by Gasteiger charge is -2.09. The van der Waals surface area contributed by atoms with Crippen molar-refractivity contribution in [2.45, 2.75) is 19.4 Å². The van der Waals surface area contributed by atoms with Gasteiger partial charge in [0.2, 0.25) is 5.95 Å². The zero-order valence-corrected chi connectivity index (χ0v) is 17.3. The van der Waals surface area contributed by atoms with E-state index in [1.807, 2.05) is 6.07 Å². The van der Waals surface area contributed by atoms with Crippen molar-refractivity contribution in [3.05, 3.63) is 41.7 Å². The lowest BCUT2D eigenvalue weighted by Crippen LogP contribution is -2.08. The number of hydrogen-bond acceptors (Lipinski definition) is 8. The van der Waals surface area contributed by atoms with Crippen molar-refractivity contribution in [1.29, 1.82) is 5.26 Å². The fourth-order valence-electron chi connectivity index (χ4n) is 3.42. The highest BCUT2D eigenvalue weighted by molar-refractivity contribution is 5.74. The van der Waals surface area contributed by atoms with E-state index in [1.54, 1.807) is 18.3 Å². The van der Waals surface area contributed by atoms with Crippen LogP contribution < -0.4 is 15.4 Å². The Labute approximate surface area is 183 Å². The van der Waals surface area contributed by atoms with Crippen LogP contribution in [0, 0.1) is 11.3 Å². The molecule has 1 aromatic carbocycles. The summed E-state index contributed by atoms with van der Waals surface area (Å²) < 4.78 is 37.2. The molecule has 3 heterocycles. The Balaban J connectivity index is 1.61. The Hall–Kier alpha value is -3.78. The first-order valence-electron chi connectivity index (χ1n) is 9.96. The van der Waals surface area contributed by atoms with E-state index in [1.165, 1.54) is 13.3 Å². The van der Waals surface area contributed by atoms with Crippen LogP contribution in [0.1, 0.15) is 11.1 Å². The third-order valence-electron chi connectivity index (χ3n) is 4.81. The predicted molar refractivity (Wildman–Crippen MR) is 113 cm³/mol. The number of rotatable bonds is 9. The van der Waals surface area contributed by atoms with E-state index >= 15 is 0 Å². The molecule has 0 unspecified atom stereocenters. The van der Waals surface area contributed by atoms with Crippen LogP contribution >= 0.6 is 0 Å². The maximum absolute atomic E-state index is 12.8. The topological polar surface area (TPSA) is 110 Å². The third-order valence-corrected chi connectivity index (χ3v) is 4.81. The minimum absolute atomic E-state index is 0.145. The highest BCUT2D eigenvalue weighted by atomic mass is 19.3. The number of halogens is 2. The maximum Gasteiger partial charge on any atom is 0.257 e. The van der Waals surface area contributed by atoms with Gasteiger partial charge in [0.25, 0.3) is 12.3 Å². The Morgan fingerprint density at radius 3 is 3.00 bits per heavy atom. The van der Waals surface area contributed by atoms with Crippen LogP contribution in [-0.4, -0.2) is 53.0 Å². The summed E-state index contributed by atoms with van der Waals surface area (Å²) in [5.41, 5.74) is 4.26. The van der Waals surface area contributed by atoms with Gasteiger partial charge in [0.05, 0.1) is 29.7 Å². The number of hydrogen-bond donors (Lipinski definition) is 2. The molecule has 2 N–H and O–H groups in total. The molecular formula is C21H21F2N7O2. The quantitative estimate of drug-likeness (QED) is 0.487. The molecule has 0 bridgehead atoms. The molecule has 0 fully saturated rings. The van der Waals surface area contributed by atoms with Gasteiger partial charge in [0, 0.05) is 25.4 Å². The summed E-state index contributed by atoms with van der Waals surface area (Å²) in [5.74, 6) is 0.389. The van der Waals surface area contributed by atoms with Crippen molar-refractivity contribution in [2.75, 3.05) is 37.5 Å². The molecule has 0 radical (unpaired) electrons. The molecule has 0 amide bonds. The average molecular weight is 441 g/mol. The SMILES string of the molecule is COCCOc1nn(CC(F)F)cc1Nc1nccc(-c2cc(C#N)c3c(c2)CCN3)n1. The summed E-state index contributed by atoms with van der Waals surface area (Å²) in [6.45, 7) is 0.751. The van der Waals surface area contributed by atoms with Crippen LogP contribution in [0.25, 0.3) is 11.3 Å². The maximum atomic E-state index is 12.8. The average Bonchev–Trinajstić information content (AvgIpc) is 3.40. The molecule has 3 aromatic rings. The van der Waals surface area contributed by atoms with E-state index in [-0.39, 0.29) is 18.4 Å². The normalized spacial score (nSPS) is 12.3. The number of aromatic nitrogens is 4. The summed E-state index contributed by atoms with van der Waals surface area (Å²) in [7, 11) is 1.53. The Morgan fingerprint density at radius 1 is 1.34 bits per heavy atom. The lowest BCUT2D eigenvalue weighted by atomic mass is 10.0. The molecule has 11 heteroatoms. The summed E-state index contributed by atoms with van der Waals surface area (Å²) in [5, 5.41) is 19.8. The van der Waals surface area contributed by atoms with Gasteiger partial charge in [0.15, 0.2) is 0 Å². The third kappa shape index (κ3) is 4.76. The van der Waals surface area contributed by atoms with Gasteiger partial charge in [-0.1, -0.05) is 0 Å². The smallest absolute Gasteiger partial charge is 0.257 e. The van der Waals surface area contributed by atoms with Gasteiger partial charge in [-0.2, -0.15) is 5.26 Å². The molecule has 32 heavy (non-hydrogen) atoms. The van der Waals surface area contributed by atoms with Crippen molar-refractivity contribution in [1.82, 2.24) is 19.7 Å². The number of methoxy groups -OCH3 is 1. The molecule has 2 aromatic heterocycles. The zero-order valence-electron chi connectivity index (χ0n) is 17.3. The van der Waals surface area contributed by atoms with Crippen LogP contribution in [-0.2, 0) is 17.7 Å². The Morgan fingerprint density at radius 2 is 2.22 bits per heavy atom. The Kier molecular flexibility index (Phi) is 6.42. The predicted octanol–water partition coefficient (Wildman–Crippen LogP) is 3.21. The van der Waals surface area contributed by atoms with Gasteiger partial charge in [-0.05, 0) is 30.2 Å². The van der Waals surface area contributed by atoms with E-state index in [0.717, 1.165) is 34.5 Å². The molecule has 0 aliphatic carbocycles. The number of ether oxygens (including phenoxy) is 2. The van der Waals surface area contributed by atoms with Gasteiger partial charge < -0.3 is 20.1 Å². The number of nitrogens with zero attached hydrogens (tertiary/aromatic N) is 5. The highest BCUT2D eigenvalue weighted by Crippen LogP contribution is 2.32. The van der Waals surface area contributed by atoms with Crippen LogP contribution in [0.15, 0.2) is 30.6 Å². The molecule has 1 aliphatic rings. The molecular weight excluding hydrogens is 420 g/mol. The van der Waals surface area contributed by atoms with Crippen LogP contribution in [0.2, 0.25) is 0 Å². The fourth-order valence-corrected chi connectivity index (χ4v) is 3.42. The minimum Gasteiger partial charge on any atom is -0.473 e. The summed E-state index contributed by atoms with van der Waals surface area (Å²) in [6.07, 6.45) is 1.27. The van der Waals surface area contributed by atoms with Crippen molar-refractivity contribution in [3.63, 3.8) is 0 Å². The van der Waals surface area contributed by atoms with Crippen LogP contribution in [0.3, 0.4) is 0 Å². The number of anilines is 3. The lowest BCUT2D eigenvalue weighted by molar-refractivity contribution is 0.119. The first-order valence-corrected chi connectivity index (χ1v) is 9.96. The van der Waals surface area contributed by atoms with E-state index < -0.39 is 13.0 Å². The number of alkyl halides is 2. The fraction of sp³-hybridized carbons (Fsp3) is 0.333. The van der Waals surface area contributed by atoms with Gasteiger partial charge in [-0.15, -0.1) is 5.10 Å². The molecule has 0 saturated heterocycles. The van der Waals surface area contributed by atoms with Crippen molar-refractivity contribution in [3.8, 4) is 23.2 Å². The van der Waals surface area contributed by atoms with Crippen molar-refractivity contribution in [2.24, 2.45) is 0 Å². The van der Waals surface area contributed by atoms with Crippen LogP contribution in [0.5, 0.6) is 5.88 Å². The van der Waals surface area contributed by atoms with Gasteiger partial charge >= 0.3 is 0 Å². The second kappa shape index (κ2) is 9.57. The number of nitriles is 1. The van der Waals surface area contributed by atoms with E-state index in [9.17, 15) is 14.0 Å². The second-order valence-electron chi connectivity index (χ2n) is 7.04. The van der Waals surface area contributed by atoms with Crippen molar-refractivity contribution < 1.29 is 18.3 Å². The minimum atomic E-state index is -2.56. The molecule has 0 atom stereocenters. The standard InChI is InChI=1S/C21H21F2N7O2/c1-31-6-7-32-20-17(11-30(29-20)12-18(22)23)28-21-26-5-3-16(27-21)14-8-13-2-4-25-19(13)15(9-14)10-24/h3,5,8-9,11,18,25H,2,4,6-7,12H2,1H3,(H,26,27,28). The number of nitrogens with one attached hydrogen (secondary N) is 2. The summed E-state index contributed by atoms with van der Waals surface area (Å²) >= 11 is 0. The van der Waals surface area contributed by atoms with Gasteiger partial charge in [0.1, 0.15) is 24.9 Å². The zero-order chi connectivity index (χ0) is 22.5. The van der Waals surface area contributed by atoms with Gasteiger partial charge in [-0.3, -0.25) is 4.68 Å². The van der Waals surface area contributed by atoms with E-state index in [0.29, 0.717) is 23.6 Å². The molecule has 9 nitrogen and oxygen atoms in total. The molecule has 1 aliphatic heterocycles. The molecule has 0 saturated carbocycles. The molecule has 4 rings (SSSR count).